The predicted octanol–water partition coefficient (Wildman–Crippen LogP) is 3.43. The van der Waals surface area contributed by atoms with E-state index in [9.17, 15) is 4.79 Å². The topological polar surface area (TPSA) is 74.8 Å². The van der Waals surface area contributed by atoms with Crippen molar-refractivity contribution in [3.8, 4) is 5.75 Å². The molecule has 3 rings (SSSR count). The fourth-order valence-corrected chi connectivity index (χ4v) is 3.05. The third kappa shape index (κ3) is 9.16. The third-order valence-electron chi connectivity index (χ3n) is 5.06. The summed E-state index contributed by atoms with van der Waals surface area (Å²) in [6, 6.07) is 16.4. The molecular weight excluding hydrogens is 503 g/mol. The van der Waals surface area contributed by atoms with E-state index < -0.39 is 0 Å². The molecule has 3 N–H and O–H groups in total. The van der Waals surface area contributed by atoms with Crippen molar-refractivity contribution in [2.24, 2.45) is 10.9 Å². The Hall–Kier alpha value is -2.29. The van der Waals surface area contributed by atoms with Gasteiger partial charge < -0.3 is 20.7 Å². The van der Waals surface area contributed by atoms with Crippen LogP contribution in [0.25, 0.3) is 0 Å². The zero-order valence-electron chi connectivity index (χ0n) is 18.3. The van der Waals surface area contributed by atoms with Gasteiger partial charge in [-0.2, -0.15) is 0 Å². The molecule has 0 aromatic heterocycles. The maximum absolute atomic E-state index is 12.1. The molecule has 7 heteroatoms. The van der Waals surface area contributed by atoms with Crippen molar-refractivity contribution >= 4 is 35.8 Å². The number of halogens is 1. The van der Waals surface area contributed by atoms with Crippen LogP contribution in [0, 0.1) is 12.8 Å². The summed E-state index contributed by atoms with van der Waals surface area (Å²) >= 11 is 0. The van der Waals surface area contributed by atoms with Crippen molar-refractivity contribution < 1.29 is 9.53 Å². The van der Waals surface area contributed by atoms with Crippen molar-refractivity contribution in [2.45, 2.75) is 32.7 Å². The maximum atomic E-state index is 12.1. The Kier molecular flexibility index (Phi) is 10.6. The van der Waals surface area contributed by atoms with Gasteiger partial charge in [-0.05, 0) is 49.3 Å². The van der Waals surface area contributed by atoms with Crippen LogP contribution in [0.15, 0.2) is 53.5 Å². The summed E-state index contributed by atoms with van der Waals surface area (Å²) in [5, 5.41) is 9.26. The minimum atomic E-state index is -0.0577. The van der Waals surface area contributed by atoms with Crippen LogP contribution in [-0.4, -0.2) is 38.6 Å². The summed E-state index contributed by atoms with van der Waals surface area (Å²) in [5.74, 6) is 2.16. The quantitative estimate of drug-likeness (QED) is 0.247. The molecule has 168 valence electrons. The molecule has 1 saturated carbocycles. The largest absolute Gasteiger partial charge is 0.493 e. The van der Waals surface area contributed by atoms with E-state index in [-0.39, 0.29) is 36.4 Å². The van der Waals surface area contributed by atoms with Gasteiger partial charge in [0.2, 0.25) is 5.91 Å². The minimum absolute atomic E-state index is 0. The van der Waals surface area contributed by atoms with E-state index in [2.05, 4.69) is 58.2 Å². The smallest absolute Gasteiger partial charge is 0.239 e. The highest BCUT2D eigenvalue weighted by atomic mass is 127. The molecule has 1 aliphatic carbocycles. The molecule has 0 unspecified atom stereocenters. The molecule has 0 spiro atoms. The number of hydrogen-bond donors (Lipinski definition) is 3. The number of carbonyl (C=O) groups is 1. The van der Waals surface area contributed by atoms with Gasteiger partial charge in [0.1, 0.15) is 5.75 Å². The second kappa shape index (κ2) is 13.2. The number of benzene rings is 2. The van der Waals surface area contributed by atoms with Crippen molar-refractivity contribution in [3.05, 3.63) is 65.2 Å². The molecule has 31 heavy (non-hydrogen) atoms. The van der Waals surface area contributed by atoms with Crippen LogP contribution in [0.3, 0.4) is 0 Å². The Balaban J connectivity index is 0.00000341. The number of aliphatic imine (C=N–C) groups is 1. The first-order chi connectivity index (χ1) is 14.6. The highest BCUT2D eigenvalue weighted by molar-refractivity contribution is 14.0. The number of nitrogens with zero attached hydrogens (tertiary/aromatic N) is 1. The Morgan fingerprint density at radius 2 is 1.87 bits per heavy atom. The van der Waals surface area contributed by atoms with Crippen molar-refractivity contribution in [2.75, 3.05) is 26.7 Å². The van der Waals surface area contributed by atoms with Crippen LogP contribution in [0.2, 0.25) is 0 Å². The number of nitrogens with one attached hydrogen (secondary N) is 3. The number of guanidine groups is 1. The van der Waals surface area contributed by atoms with Gasteiger partial charge in [0.15, 0.2) is 5.96 Å². The zero-order chi connectivity index (χ0) is 21.2. The van der Waals surface area contributed by atoms with Gasteiger partial charge in [-0.15, -0.1) is 24.0 Å². The fraction of sp³-hybridized carbons (Fsp3) is 0.417. The van der Waals surface area contributed by atoms with Crippen LogP contribution in [-0.2, 0) is 17.8 Å². The molecule has 6 nitrogen and oxygen atoms in total. The predicted molar refractivity (Wildman–Crippen MR) is 136 cm³/mol. The average Bonchev–Trinajstić information content (AvgIpc) is 3.58. The molecule has 1 amide bonds. The van der Waals surface area contributed by atoms with E-state index in [0.717, 1.165) is 24.3 Å². The molecule has 0 atom stereocenters. The lowest BCUT2D eigenvalue weighted by atomic mass is 10.1. The molecule has 0 radical (unpaired) electrons. The Labute approximate surface area is 202 Å². The summed E-state index contributed by atoms with van der Waals surface area (Å²) in [7, 11) is 1.70. The van der Waals surface area contributed by atoms with E-state index in [0.29, 0.717) is 25.0 Å². The molecule has 0 bridgehead atoms. The number of rotatable bonds is 10. The minimum Gasteiger partial charge on any atom is -0.493 e. The second-order valence-electron chi connectivity index (χ2n) is 7.73. The van der Waals surface area contributed by atoms with Crippen LogP contribution < -0.4 is 20.7 Å². The number of amides is 1. The van der Waals surface area contributed by atoms with E-state index in [4.69, 9.17) is 4.74 Å². The van der Waals surface area contributed by atoms with Gasteiger partial charge in [-0.1, -0.05) is 42.5 Å². The molecule has 0 saturated heterocycles. The van der Waals surface area contributed by atoms with Gasteiger partial charge in [-0.25, -0.2) is 0 Å². The van der Waals surface area contributed by atoms with Gasteiger partial charge in [0.05, 0.1) is 13.2 Å². The summed E-state index contributed by atoms with van der Waals surface area (Å²) < 4.78 is 6.02. The van der Waals surface area contributed by atoms with E-state index >= 15 is 0 Å². The van der Waals surface area contributed by atoms with Gasteiger partial charge in [-0.3, -0.25) is 9.79 Å². The van der Waals surface area contributed by atoms with Crippen LogP contribution in [0.5, 0.6) is 5.75 Å². The van der Waals surface area contributed by atoms with Crippen molar-refractivity contribution in [3.63, 3.8) is 0 Å². The van der Waals surface area contributed by atoms with Gasteiger partial charge in [0, 0.05) is 25.7 Å². The molecule has 1 fully saturated rings. The van der Waals surface area contributed by atoms with Crippen LogP contribution in [0.4, 0.5) is 0 Å². The van der Waals surface area contributed by atoms with Crippen molar-refractivity contribution in [1.82, 2.24) is 16.0 Å². The molecule has 2 aromatic rings. The summed E-state index contributed by atoms with van der Waals surface area (Å²) in [6.45, 7) is 4.22. The number of hydrogen-bond acceptors (Lipinski definition) is 3. The zero-order valence-corrected chi connectivity index (χ0v) is 20.6. The van der Waals surface area contributed by atoms with Crippen molar-refractivity contribution in [1.29, 1.82) is 0 Å². The molecule has 0 aliphatic heterocycles. The molecule has 1 aliphatic rings. The van der Waals surface area contributed by atoms with Gasteiger partial charge >= 0.3 is 0 Å². The highest BCUT2D eigenvalue weighted by Gasteiger charge is 2.22. The third-order valence-corrected chi connectivity index (χ3v) is 5.06. The monoisotopic (exact) mass is 536 g/mol. The first-order valence-corrected chi connectivity index (χ1v) is 10.6. The first kappa shape index (κ1) is 25.0. The normalized spacial score (nSPS) is 13.2. The van der Waals surface area contributed by atoms with Gasteiger partial charge in [0.25, 0.3) is 0 Å². The first-order valence-electron chi connectivity index (χ1n) is 10.6. The van der Waals surface area contributed by atoms with E-state index in [1.54, 1.807) is 7.05 Å². The molecule has 2 aromatic carbocycles. The standard InChI is InChI=1S/C24H32N4O2.HI/c1-18-8-11-21(22(14-18)30-17-20-9-10-20)15-27-24(25-2)28-16-23(29)26-13-12-19-6-4-3-5-7-19;/h3-8,11,14,20H,9-10,12-13,15-17H2,1-2H3,(H,26,29)(H2,25,27,28);1H. The number of ether oxygens (including phenoxy) is 1. The maximum Gasteiger partial charge on any atom is 0.239 e. The summed E-state index contributed by atoms with van der Waals surface area (Å²) in [6.07, 6.45) is 3.35. The van der Waals surface area contributed by atoms with E-state index in [1.165, 1.54) is 24.0 Å². The summed E-state index contributed by atoms with van der Waals surface area (Å²) in [5.41, 5.74) is 3.47. The van der Waals surface area contributed by atoms with E-state index in [1.807, 2.05) is 18.2 Å². The molecule has 0 heterocycles. The molecular formula is C24H33IN4O2. The average molecular weight is 536 g/mol. The highest BCUT2D eigenvalue weighted by Crippen LogP contribution is 2.30. The number of carbonyl (C=O) groups excluding carboxylic acids is 1. The second-order valence-corrected chi connectivity index (χ2v) is 7.73. The summed E-state index contributed by atoms with van der Waals surface area (Å²) in [4.78, 5) is 16.3. The fourth-order valence-electron chi connectivity index (χ4n) is 3.05. The Morgan fingerprint density at radius 1 is 1.10 bits per heavy atom. The van der Waals surface area contributed by atoms with Crippen LogP contribution in [0.1, 0.15) is 29.5 Å². The SMILES string of the molecule is CN=C(NCC(=O)NCCc1ccccc1)NCc1ccc(C)cc1OCC1CC1.I. The number of aryl methyl sites for hydroxylation is 1. The lowest BCUT2D eigenvalue weighted by Crippen LogP contribution is -2.43. The Bertz CT molecular complexity index is 854. The lowest BCUT2D eigenvalue weighted by Gasteiger charge is -2.15. The van der Waals surface area contributed by atoms with Crippen LogP contribution >= 0.6 is 24.0 Å². The lowest BCUT2D eigenvalue weighted by molar-refractivity contribution is -0.119. The Morgan fingerprint density at radius 3 is 2.58 bits per heavy atom.